The predicted octanol–water partition coefficient (Wildman–Crippen LogP) is 3.41. The van der Waals surface area contributed by atoms with Gasteiger partial charge in [-0.15, -0.1) is 11.3 Å². The average molecular weight is 385 g/mol. The van der Waals surface area contributed by atoms with E-state index in [-0.39, 0.29) is 12.1 Å². The van der Waals surface area contributed by atoms with Gasteiger partial charge in [-0.3, -0.25) is 0 Å². The number of methoxy groups -OCH3 is 1. The van der Waals surface area contributed by atoms with Crippen molar-refractivity contribution in [2.24, 2.45) is 0 Å². The second-order valence-corrected chi connectivity index (χ2v) is 7.51. The minimum Gasteiger partial charge on any atom is -0.497 e. The molecule has 7 heteroatoms. The van der Waals surface area contributed by atoms with Crippen LogP contribution in [0.4, 0.5) is 4.79 Å². The summed E-state index contributed by atoms with van der Waals surface area (Å²) >= 11 is 1.59. The van der Waals surface area contributed by atoms with E-state index in [1.807, 2.05) is 62.6 Å². The SMILES string of the molecule is COc1cccc(C(CNC(=O)NCc2nc3ccccc3s2)N(C)C)c1. The Bertz CT molecular complexity index is 877. The summed E-state index contributed by atoms with van der Waals surface area (Å²) in [5.74, 6) is 0.805. The Balaban J connectivity index is 1.55. The molecule has 0 fully saturated rings. The van der Waals surface area contributed by atoms with Crippen molar-refractivity contribution in [1.82, 2.24) is 20.5 Å². The number of nitrogens with zero attached hydrogens (tertiary/aromatic N) is 2. The van der Waals surface area contributed by atoms with Crippen LogP contribution in [0.15, 0.2) is 48.5 Å². The van der Waals surface area contributed by atoms with Crippen LogP contribution >= 0.6 is 11.3 Å². The summed E-state index contributed by atoms with van der Waals surface area (Å²) in [7, 11) is 5.63. The Kier molecular flexibility index (Phi) is 6.26. The summed E-state index contributed by atoms with van der Waals surface area (Å²) in [6.07, 6.45) is 0. The maximum absolute atomic E-state index is 12.2. The molecule has 0 saturated heterocycles. The summed E-state index contributed by atoms with van der Waals surface area (Å²) < 4.78 is 6.42. The van der Waals surface area contributed by atoms with Crippen LogP contribution in [-0.2, 0) is 6.54 Å². The van der Waals surface area contributed by atoms with Crippen LogP contribution in [0.2, 0.25) is 0 Å². The molecule has 0 aliphatic heterocycles. The first-order valence-corrected chi connectivity index (χ1v) is 9.55. The lowest BCUT2D eigenvalue weighted by Crippen LogP contribution is -2.40. The smallest absolute Gasteiger partial charge is 0.315 e. The van der Waals surface area contributed by atoms with Gasteiger partial charge in [0.05, 0.1) is 29.9 Å². The number of hydrogen-bond donors (Lipinski definition) is 2. The lowest BCUT2D eigenvalue weighted by atomic mass is 10.1. The number of hydrogen-bond acceptors (Lipinski definition) is 5. The van der Waals surface area contributed by atoms with Crippen LogP contribution in [-0.4, -0.2) is 43.7 Å². The Morgan fingerprint density at radius 2 is 2.00 bits per heavy atom. The fourth-order valence-electron chi connectivity index (χ4n) is 2.85. The van der Waals surface area contributed by atoms with Crippen molar-refractivity contribution in [1.29, 1.82) is 0 Å². The summed E-state index contributed by atoms with van der Waals surface area (Å²) in [6, 6.07) is 15.7. The number of ether oxygens (including phenoxy) is 1. The van der Waals surface area contributed by atoms with Gasteiger partial charge in [-0.1, -0.05) is 24.3 Å². The minimum absolute atomic E-state index is 0.0494. The van der Waals surface area contributed by atoms with Crippen molar-refractivity contribution in [3.63, 3.8) is 0 Å². The van der Waals surface area contributed by atoms with E-state index in [1.165, 1.54) is 0 Å². The maximum atomic E-state index is 12.2. The lowest BCUT2D eigenvalue weighted by Gasteiger charge is -2.25. The zero-order chi connectivity index (χ0) is 19.2. The molecule has 2 N–H and O–H groups in total. The normalized spacial score (nSPS) is 12.1. The second kappa shape index (κ2) is 8.83. The Hall–Kier alpha value is -2.64. The molecular weight excluding hydrogens is 360 g/mol. The first kappa shape index (κ1) is 19.1. The number of aromatic nitrogens is 1. The summed E-state index contributed by atoms with van der Waals surface area (Å²) in [4.78, 5) is 18.8. The van der Waals surface area contributed by atoms with Crippen LogP contribution in [0.1, 0.15) is 16.6 Å². The molecule has 0 radical (unpaired) electrons. The molecule has 1 atom stereocenters. The standard InChI is InChI=1S/C20H24N4O2S/c1-24(2)17(14-7-6-8-15(11-14)26-3)12-21-20(25)22-13-19-23-16-9-4-5-10-18(16)27-19/h4-11,17H,12-13H2,1-3H3,(H2,21,22,25). The number of fused-ring (bicyclic) bond motifs is 1. The Labute approximate surface area is 163 Å². The van der Waals surface area contributed by atoms with Gasteiger partial charge in [0, 0.05) is 6.54 Å². The predicted molar refractivity (Wildman–Crippen MR) is 109 cm³/mol. The van der Waals surface area contributed by atoms with Crippen LogP contribution in [0.3, 0.4) is 0 Å². The molecule has 1 aromatic heterocycles. The van der Waals surface area contributed by atoms with Crippen LogP contribution < -0.4 is 15.4 Å². The zero-order valence-electron chi connectivity index (χ0n) is 15.7. The molecule has 0 saturated carbocycles. The number of benzene rings is 2. The molecule has 0 aliphatic carbocycles. The Morgan fingerprint density at radius 1 is 1.19 bits per heavy atom. The Morgan fingerprint density at radius 3 is 2.74 bits per heavy atom. The third kappa shape index (κ3) is 4.96. The summed E-state index contributed by atoms with van der Waals surface area (Å²) in [6.45, 7) is 0.906. The van der Waals surface area contributed by atoms with Gasteiger partial charge in [-0.25, -0.2) is 9.78 Å². The number of urea groups is 1. The molecule has 1 unspecified atom stereocenters. The highest BCUT2D eigenvalue weighted by molar-refractivity contribution is 7.18. The van der Waals surface area contributed by atoms with Crippen molar-refractivity contribution < 1.29 is 9.53 Å². The fraction of sp³-hybridized carbons (Fsp3) is 0.300. The van der Waals surface area contributed by atoms with Gasteiger partial charge < -0.3 is 20.3 Å². The van der Waals surface area contributed by atoms with Gasteiger partial charge in [0.1, 0.15) is 10.8 Å². The molecule has 0 spiro atoms. The van der Waals surface area contributed by atoms with Crippen molar-refractivity contribution >= 4 is 27.6 Å². The van der Waals surface area contributed by atoms with Crippen LogP contribution in [0.5, 0.6) is 5.75 Å². The number of carbonyl (C=O) groups excluding carboxylic acids is 1. The van der Waals surface area contributed by atoms with Gasteiger partial charge in [0.15, 0.2) is 0 Å². The number of amides is 2. The number of likely N-dealkylation sites (N-methyl/N-ethyl adjacent to an activating group) is 1. The molecule has 3 aromatic rings. The molecule has 0 aliphatic rings. The minimum atomic E-state index is -0.205. The van der Waals surface area contributed by atoms with E-state index in [0.29, 0.717) is 13.1 Å². The van der Waals surface area contributed by atoms with E-state index in [1.54, 1.807) is 18.4 Å². The average Bonchev–Trinajstić information content (AvgIpc) is 3.09. The number of thiazole rings is 1. The van der Waals surface area contributed by atoms with E-state index in [0.717, 1.165) is 26.5 Å². The van der Waals surface area contributed by atoms with Crippen LogP contribution in [0, 0.1) is 0 Å². The summed E-state index contributed by atoms with van der Waals surface area (Å²) in [5.41, 5.74) is 2.05. The second-order valence-electron chi connectivity index (χ2n) is 6.39. The van der Waals surface area contributed by atoms with Gasteiger partial charge in [-0.2, -0.15) is 0 Å². The van der Waals surface area contributed by atoms with Gasteiger partial charge in [0.25, 0.3) is 0 Å². The van der Waals surface area contributed by atoms with Crippen LogP contribution in [0.25, 0.3) is 10.2 Å². The topological polar surface area (TPSA) is 66.5 Å². The van der Waals surface area contributed by atoms with Crippen molar-refractivity contribution in [3.8, 4) is 5.75 Å². The van der Waals surface area contributed by atoms with Crippen molar-refractivity contribution in [2.75, 3.05) is 27.7 Å². The zero-order valence-corrected chi connectivity index (χ0v) is 16.5. The van der Waals surface area contributed by atoms with E-state index in [4.69, 9.17) is 4.74 Å². The molecule has 142 valence electrons. The van der Waals surface area contributed by atoms with Gasteiger partial charge in [-0.05, 0) is 43.9 Å². The van der Waals surface area contributed by atoms with E-state index < -0.39 is 0 Å². The maximum Gasteiger partial charge on any atom is 0.315 e. The third-order valence-electron chi connectivity index (χ3n) is 4.30. The molecule has 2 amide bonds. The fourth-order valence-corrected chi connectivity index (χ4v) is 3.76. The number of nitrogens with one attached hydrogen (secondary N) is 2. The molecule has 1 heterocycles. The molecule has 0 bridgehead atoms. The third-order valence-corrected chi connectivity index (χ3v) is 5.33. The van der Waals surface area contributed by atoms with Gasteiger partial charge >= 0.3 is 6.03 Å². The molecule has 27 heavy (non-hydrogen) atoms. The first-order valence-electron chi connectivity index (χ1n) is 8.73. The monoisotopic (exact) mass is 384 g/mol. The highest BCUT2D eigenvalue weighted by Crippen LogP contribution is 2.22. The highest BCUT2D eigenvalue weighted by Gasteiger charge is 2.16. The van der Waals surface area contributed by atoms with E-state index in [2.05, 4.69) is 20.5 Å². The number of rotatable bonds is 7. The van der Waals surface area contributed by atoms with E-state index in [9.17, 15) is 4.79 Å². The van der Waals surface area contributed by atoms with Gasteiger partial charge in [0.2, 0.25) is 0 Å². The van der Waals surface area contributed by atoms with Crippen molar-refractivity contribution in [3.05, 3.63) is 59.1 Å². The summed E-state index contributed by atoms with van der Waals surface area (Å²) in [5, 5.41) is 6.72. The molecule has 3 rings (SSSR count). The van der Waals surface area contributed by atoms with E-state index >= 15 is 0 Å². The molecule has 6 nitrogen and oxygen atoms in total. The molecule has 2 aromatic carbocycles. The first-order chi connectivity index (χ1) is 13.1. The number of carbonyl (C=O) groups is 1. The quantitative estimate of drug-likeness (QED) is 0.655. The largest absolute Gasteiger partial charge is 0.497 e. The highest BCUT2D eigenvalue weighted by atomic mass is 32.1. The van der Waals surface area contributed by atoms with Crippen molar-refractivity contribution in [2.45, 2.75) is 12.6 Å². The number of para-hydroxylation sites is 1. The lowest BCUT2D eigenvalue weighted by molar-refractivity contribution is 0.232. The molecular formula is C20H24N4O2S.